The Kier molecular flexibility index (Phi) is 6.96. The quantitative estimate of drug-likeness (QED) is 0.717. The highest BCUT2D eigenvalue weighted by atomic mass is 32.2. The van der Waals surface area contributed by atoms with Crippen molar-refractivity contribution in [3.05, 3.63) is 59.7 Å². The van der Waals surface area contributed by atoms with Gasteiger partial charge in [-0.15, -0.1) is 11.8 Å². The van der Waals surface area contributed by atoms with Crippen molar-refractivity contribution in [2.24, 2.45) is 0 Å². The molecule has 23 heavy (non-hydrogen) atoms. The van der Waals surface area contributed by atoms with Crippen molar-refractivity contribution in [3.63, 3.8) is 0 Å². The summed E-state index contributed by atoms with van der Waals surface area (Å²) in [6, 6.07) is 16.3. The molecule has 2 aromatic carbocycles. The van der Waals surface area contributed by atoms with Crippen LogP contribution in [0.3, 0.4) is 0 Å². The standard InChI is InChI=1S/C19H25NO2S/c1-14(11-17(21)16-7-5-4-6-8-16)20-13-15-9-10-18(22-2)19(12-15)23-3/h4-10,12,14,17,20-21H,11,13H2,1-3H3. The highest BCUT2D eigenvalue weighted by Crippen LogP contribution is 2.28. The van der Waals surface area contributed by atoms with E-state index >= 15 is 0 Å². The van der Waals surface area contributed by atoms with Crippen molar-refractivity contribution < 1.29 is 9.84 Å². The van der Waals surface area contributed by atoms with E-state index in [4.69, 9.17) is 4.74 Å². The van der Waals surface area contributed by atoms with E-state index in [0.29, 0.717) is 6.42 Å². The van der Waals surface area contributed by atoms with Crippen LogP contribution in [0.5, 0.6) is 5.75 Å². The summed E-state index contributed by atoms with van der Waals surface area (Å²) in [5.41, 5.74) is 2.19. The van der Waals surface area contributed by atoms with Gasteiger partial charge in [-0.3, -0.25) is 0 Å². The molecule has 0 fully saturated rings. The number of rotatable bonds is 8. The number of thioether (sulfide) groups is 1. The minimum atomic E-state index is -0.434. The van der Waals surface area contributed by atoms with Crippen LogP contribution in [0.2, 0.25) is 0 Å². The number of aliphatic hydroxyl groups excluding tert-OH is 1. The molecule has 0 aliphatic carbocycles. The zero-order valence-corrected chi connectivity index (χ0v) is 14.8. The van der Waals surface area contributed by atoms with Gasteiger partial charge in [-0.1, -0.05) is 36.4 Å². The topological polar surface area (TPSA) is 41.5 Å². The first-order valence-corrected chi connectivity index (χ1v) is 9.03. The van der Waals surface area contributed by atoms with Gasteiger partial charge in [0.05, 0.1) is 13.2 Å². The molecule has 2 rings (SSSR count). The van der Waals surface area contributed by atoms with E-state index < -0.39 is 6.10 Å². The molecule has 124 valence electrons. The molecular weight excluding hydrogens is 306 g/mol. The number of aliphatic hydroxyl groups is 1. The molecule has 0 saturated carbocycles. The van der Waals surface area contributed by atoms with Crippen molar-refractivity contribution in [3.8, 4) is 5.75 Å². The van der Waals surface area contributed by atoms with Crippen LogP contribution >= 0.6 is 11.8 Å². The Morgan fingerprint density at radius 1 is 1.17 bits per heavy atom. The van der Waals surface area contributed by atoms with E-state index in [-0.39, 0.29) is 6.04 Å². The third-order valence-electron chi connectivity index (χ3n) is 3.86. The first-order valence-electron chi connectivity index (χ1n) is 7.81. The van der Waals surface area contributed by atoms with E-state index in [1.807, 2.05) is 42.7 Å². The van der Waals surface area contributed by atoms with Crippen molar-refractivity contribution in [1.82, 2.24) is 5.32 Å². The Hall–Kier alpha value is -1.49. The minimum Gasteiger partial charge on any atom is -0.496 e. The fraction of sp³-hybridized carbons (Fsp3) is 0.368. The van der Waals surface area contributed by atoms with Gasteiger partial charge in [0.25, 0.3) is 0 Å². The molecule has 2 N–H and O–H groups in total. The van der Waals surface area contributed by atoms with Gasteiger partial charge >= 0.3 is 0 Å². The Labute approximate surface area is 143 Å². The number of methoxy groups -OCH3 is 1. The monoisotopic (exact) mass is 331 g/mol. The van der Waals surface area contributed by atoms with E-state index in [1.54, 1.807) is 18.9 Å². The molecule has 0 spiro atoms. The summed E-state index contributed by atoms with van der Waals surface area (Å²) in [7, 11) is 1.69. The second kappa shape index (κ2) is 8.96. The predicted molar refractivity (Wildman–Crippen MR) is 97.1 cm³/mol. The van der Waals surface area contributed by atoms with Crippen LogP contribution in [-0.4, -0.2) is 24.5 Å². The summed E-state index contributed by atoms with van der Waals surface area (Å²) in [4.78, 5) is 1.14. The first-order chi connectivity index (χ1) is 11.1. The third kappa shape index (κ3) is 5.27. The highest BCUT2D eigenvalue weighted by molar-refractivity contribution is 7.98. The number of hydrogen-bond donors (Lipinski definition) is 2. The van der Waals surface area contributed by atoms with Gasteiger partial charge in [0.15, 0.2) is 0 Å². The first kappa shape index (κ1) is 17.9. The summed E-state index contributed by atoms with van der Waals surface area (Å²) < 4.78 is 5.34. The van der Waals surface area contributed by atoms with Crippen LogP contribution in [0.4, 0.5) is 0 Å². The lowest BCUT2D eigenvalue weighted by molar-refractivity contribution is 0.154. The van der Waals surface area contributed by atoms with Crippen LogP contribution < -0.4 is 10.1 Å². The molecular formula is C19H25NO2S. The SMILES string of the molecule is COc1ccc(CNC(C)CC(O)c2ccccc2)cc1SC. The molecule has 2 aromatic rings. The van der Waals surface area contributed by atoms with Crippen LogP contribution in [0.1, 0.15) is 30.6 Å². The number of benzene rings is 2. The summed E-state index contributed by atoms with van der Waals surface area (Å²) in [6.45, 7) is 2.88. The minimum absolute atomic E-state index is 0.227. The van der Waals surface area contributed by atoms with Crippen LogP contribution in [0, 0.1) is 0 Å². The predicted octanol–water partition coefficient (Wildman–Crippen LogP) is 4.02. The Balaban J connectivity index is 1.88. The molecule has 0 saturated heterocycles. The molecule has 0 bridgehead atoms. The van der Waals surface area contributed by atoms with Gasteiger partial charge in [-0.25, -0.2) is 0 Å². The van der Waals surface area contributed by atoms with Gasteiger partial charge in [0.1, 0.15) is 5.75 Å². The fourth-order valence-electron chi connectivity index (χ4n) is 2.51. The van der Waals surface area contributed by atoms with Crippen molar-refractivity contribution >= 4 is 11.8 Å². The fourth-order valence-corrected chi connectivity index (χ4v) is 3.13. The Morgan fingerprint density at radius 3 is 2.57 bits per heavy atom. The van der Waals surface area contributed by atoms with Crippen LogP contribution in [0.15, 0.2) is 53.4 Å². The molecule has 2 atom stereocenters. The number of ether oxygens (including phenoxy) is 1. The highest BCUT2D eigenvalue weighted by Gasteiger charge is 2.12. The smallest absolute Gasteiger partial charge is 0.132 e. The average Bonchev–Trinajstić information content (AvgIpc) is 2.60. The maximum absolute atomic E-state index is 10.3. The number of nitrogens with one attached hydrogen (secondary N) is 1. The molecule has 0 amide bonds. The maximum Gasteiger partial charge on any atom is 0.132 e. The second-order valence-corrected chi connectivity index (χ2v) is 6.48. The van der Waals surface area contributed by atoms with E-state index in [0.717, 1.165) is 22.8 Å². The lowest BCUT2D eigenvalue weighted by Gasteiger charge is -2.18. The molecule has 0 aromatic heterocycles. The lowest BCUT2D eigenvalue weighted by Crippen LogP contribution is -2.27. The van der Waals surface area contributed by atoms with Crippen LogP contribution in [-0.2, 0) is 6.54 Å². The summed E-state index contributed by atoms with van der Waals surface area (Å²) >= 11 is 1.68. The largest absolute Gasteiger partial charge is 0.496 e. The van der Waals surface area contributed by atoms with Gasteiger partial charge < -0.3 is 15.2 Å². The second-order valence-electron chi connectivity index (χ2n) is 5.63. The number of hydrogen-bond acceptors (Lipinski definition) is 4. The maximum atomic E-state index is 10.3. The molecule has 3 nitrogen and oxygen atoms in total. The zero-order valence-electron chi connectivity index (χ0n) is 14.0. The molecule has 0 aliphatic rings. The Morgan fingerprint density at radius 2 is 1.91 bits per heavy atom. The summed E-state index contributed by atoms with van der Waals surface area (Å²) in [6.07, 6.45) is 2.31. The van der Waals surface area contributed by atoms with Crippen LogP contribution in [0.25, 0.3) is 0 Å². The van der Waals surface area contributed by atoms with Gasteiger partial charge in [-0.2, -0.15) is 0 Å². The summed E-state index contributed by atoms with van der Waals surface area (Å²) in [5.74, 6) is 0.911. The zero-order chi connectivity index (χ0) is 16.7. The van der Waals surface area contributed by atoms with Gasteiger partial charge in [0.2, 0.25) is 0 Å². The van der Waals surface area contributed by atoms with E-state index in [9.17, 15) is 5.11 Å². The molecule has 2 unspecified atom stereocenters. The molecule has 0 aliphatic heterocycles. The van der Waals surface area contributed by atoms with E-state index in [2.05, 4.69) is 24.4 Å². The van der Waals surface area contributed by atoms with Gasteiger partial charge in [-0.05, 0) is 42.9 Å². The average molecular weight is 331 g/mol. The van der Waals surface area contributed by atoms with Crippen molar-refractivity contribution in [2.75, 3.05) is 13.4 Å². The van der Waals surface area contributed by atoms with Gasteiger partial charge in [0, 0.05) is 17.5 Å². The van der Waals surface area contributed by atoms with E-state index in [1.165, 1.54) is 5.56 Å². The molecule has 0 heterocycles. The Bertz CT molecular complexity index is 604. The molecule has 0 radical (unpaired) electrons. The summed E-state index contributed by atoms with van der Waals surface area (Å²) in [5, 5.41) is 13.8. The lowest BCUT2D eigenvalue weighted by atomic mass is 10.0. The third-order valence-corrected chi connectivity index (χ3v) is 4.62. The normalized spacial score (nSPS) is 13.6. The molecule has 4 heteroatoms. The van der Waals surface area contributed by atoms with Crippen molar-refractivity contribution in [2.45, 2.75) is 36.9 Å². The van der Waals surface area contributed by atoms with Crippen molar-refractivity contribution in [1.29, 1.82) is 0 Å².